The summed E-state index contributed by atoms with van der Waals surface area (Å²) in [7, 11) is 0. The third-order valence-electron chi connectivity index (χ3n) is 2.73. The van der Waals surface area contributed by atoms with E-state index in [0.29, 0.717) is 19.5 Å². The molecule has 0 aliphatic heterocycles. The van der Waals surface area contributed by atoms with Crippen LogP contribution in [0.4, 0.5) is 0 Å². The highest BCUT2D eigenvalue weighted by molar-refractivity contribution is 5.71. The lowest BCUT2D eigenvalue weighted by Gasteiger charge is -2.24. The lowest BCUT2D eigenvalue weighted by atomic mass is 10.1. The third-order valence-corrected chi connectivity index (χ3v) is 2.73. The number of ether oxygens (including phenoxy) is 2. The Morgan fingerprint density at radius 1 is 1.05 bits per heavy atom. The van der Waals surface area contributed by atoms with E-state index < -0.39 is 17.5 Å². The minimum atomic E-state index is -0.888. The SMILES string of the molecule is CCCCC(=O)OCC(C)(C)OC(=O)CCNCCC(=O)O. The van der Waals surface area contributed by atoms with Crippen LogP contribution >= 0.6 is 0 Å². The van der Waals surface area contributed by atoms with Crippen LogP contribution in [0.5, 0.6) is 0 Å². The minimum Gasteiger partial charge on any atom is -0.481 e. The molecule has 0 aromatic carbocycles. The molecule has 22 heavy (non-hydrogen) atoms. The number of hydrogen-bond donors (Lipinski definition) is 2. The molecular formula is C15H27NO6. The quantitative estimate of drug-likeness (QED) is 0.415. The zero-order valence-corrected chi connectivity index (χ0v) is 13.6. The van der Waals surface area contributed by atoms with Gasteiger partial charge in [0.05, 0.1) is 12.8 Å². The lowest BCUT2D eigenvalue weighted by Crippen LogP contribution is -2.35. The molecule has 7 nitrogen and oxygen atoms in total. The number of hydrogen-bond acceptors (Lipinski definition) is 6. The molecule has 0 aliphatic rings. The van der Waals surface area contributed by atoms with E-state index in [1.807, 2.05) is 6.92 Å². The van der Waals surface area contributed by atoms with Gasteiger partial charge in [-0.25, -0.2) is 0 Å². The van der Waals surface area contributed by atoms with Gasteiger partial charge in [0.2, 0.25) is 0 Å². The Bertz CT molecular complexity index is 367. The highest BCUT2D eigenvalue weighted by atomic mass is 16.6. The fraction of sp³-hybridized carbons (Fsp3) is 0.800. The average Bonchev–Trinajstić information content (AvgIpc) is 2.41. The summed E-state index contributed by atoms with van der Waals surface area (Å²) in [5.74, 6) is -1.60. The first kappa shape index (κ1) is 20.4. The maximum atomic E-state index is 11.7. The molecule has 2 N–H and O–H groups in total. The standard InChI is InChI=1S/C15H27NO6/c1-4-5-6-13(19)21-11-15(2,3)22-14(20)8-10-16-9-7-12(17)18/h16H,4-11H2,1-3H3,(H,17,18). The predicted octanol–water partition coefficient (Wildman–Crippen LogP) is 1.50. The molecule has 0 unspecified atom stereocenters. The molecular weight excluding hydrogens is 290 g/mol. The van der Waals surface area contributed by atoms with Crippen LogP contribution in [0.1, 0.15) is 52.9 Å². The maximum Gasteiger partial charge on any atom is 0.307 e. The predicted molar refractivity (Wildman–Crippen MR) is 80.4 cm³/mol. The number of unbranched alkanes of at least 4 members (excludes halogenated alkanes) is 1. The van der Waals surface area contributed by atoms with Crippen molar-refractivity contribution in [2.45, 2.75) is 58.5 Å². The van der Waals surface area contributed by atoms with E-state index in [-0.39, 0.29) is 25.4 Å². The van der Waals surface area contributed by atoms with Gasteiger partial charge < -0.3 is 19.9 Å². The highest BCUT2D eigenvalue weighted by Crippen LogP contribution is 2.12. The van der Waals surface area contributed by atoms with Crippen LogP contribution in [0.15, 0.2) is 0 Å². The molecule has 0 rings (SSSR count). The van der Waals surface area contributed by atoms with Gasteiger partial charge in [-0.3, -0.25) is 14.4 Å². The first-order valence-electron chi connectivity index (χ1n) is 7.57. The molecule has 0 aliphatic carbocycles. The van der Waals surface area contributed by atoms with Crippen molar-refractivity contribution in [1.82, 2.24) is 5.32 Å². The number of carboxylic acids is 1. The molecule has 0 saturated heterocycles. The number of carbonyl (C=O) groups is 3. The van der Waals surface area contributed by atoms with Gasteiger partial charge >= 0.3 is 17.9 Å². The summed E-state index contributed by atoms with van der Waals surface area (Å²) >= 11 is 0. The van der Waals surface area contributed by atoms with Crippen molar-refractivity contribution in [3.05, 3.63) is 0 Å². The topological polar surface area (TPSA) is 102 Å². The van der Waals surface area contributed by atoms with Gasteiger partial charge in [-0.2, -0.15) is 0 Å². The number of rotatable bonds is 12. The second kappa shape index (κ2) is 11.0. The van der Waals surface area contributed by atoms with Crippen molar-refractivity contribution in [3.8, 4) is 0 Å². The van der Waals surface area contributed by atoms with Gasteiger partial charge in [0.1, 0.15) is 12.2 Å². The Morgan fingerprint density at radius 3 is 2.27 bits per heavy atom. The largest absolute Gasteiger partial charge is 0.481 e. The molecule has 0 saturated carbocycles. The molecule has 0 atom stereocenters. The first-order chi connectivity index (χ1) is 10.3. The number of nitrogens with one attached hydrogen (secondary N) is 1. The normalized spacial score (nSPS) is 11.0. The highest BCUT2D eigenvalue weighted by Gasteiger charge is 2.24. The van der Waals surface area contributed by atoms with E-state index in [1.54, 1.807) is 13.8 Å². The molecule has 0 radical (unpaired) electrons. The second-order valence-corrected chi connectivity index (χ2v) is 5.64. The van der Waals surface area contributed by atoms with Crippen LogP contribution in [0, 0.1) is 0 Å². The Hall–Kier alpha value is -1.63. The Morgan fingerprint density at radius 2 is 1.68 bits per heavy atom. The average molecular weight is 317 g/mol. The Kier molecular flexibility index (Phi) is 10.2. The number of carboxylic acid groups (broad SMARTS) is 1. The molecule has 0 spiro atoms. The lowest BCUT2D eigenvalue weighted by molar-refractivity contribution is -0.168. The molecule has 0 bridgehead atoms. The van der Waals surface area contributed by atoms with Gasteiger partial charge in [-0.15, -0.1) is 0 Å². The van der Waals surface area contributed by atoms with Crippen molar-refractivity contribution in [3.63, 3.8) is 0 Å². The van der Waals surface area contributed by atoms with Crippen LogP contribution in [0.2, 0.25) is 0 Å². The molecule has 128 valence electrons. The van der Waals surface area contributed by atoms with E-state index in [4.69, 9.17) is 14.6 Å². The zero-order chi connectivity index (χ0) is 17.0. The van der Waals surface area contributed by atoms with Gasteiger partial charge in [0.25, 0.3) is 0 Å². The van der Waals surface area contributed by atoms with Crippen molar-refractivity contribution < 1.29 is 29.0 Å². The van der Waals surface area contributed by atoms with Crippen LogP contribution in [-0.4, -0.2) is 48.3 Å². The summed E-state index contributed by atoms with van der Waals surface area (Å²) in [5.41, 5.74) is -0.875. The van der Waals surface area contributed by atoms with Gasteiger partial charge in [-0.05, 0) is 20.3 Å². The molecule has 0 aromatic rings. The van der Waals surface area contributed by atoms with Crippen molar-refractivity contribution in [1.29, 1.82) is 0 Å². The van der Waals surface area contributed by atoms with E-state index in [1.165, 1.54) is 0 Å². The summed E-state index contributed by atoms with van der Waals surface area (Å²) < 4.78 is 10.3. The van der Waals surface area contributed by atoms with Crippen molar-refractivity contribution in [2.75, 3.05) is 19.7 Å². The van der Waals surface area contributed by atoms with E-state index in [0.717, 1.165) is 12.8 Å². The molecule has 0 fully saturated rings. The van der Waals surface area contributed by atoms with Gasteiger partial charge in [0.15, 0.2) is 0 Å². The first-order valence-corrected chi connectivity index (χ1v) is 7.57. The summed E-state index contributed by atoms with van der Waals surface area (Å²) in [6.07, 6.45) is 2.21. The number of aliphatic carboxylic acids is 1. The number of esters is 2. The Labute approximate surface area is 131 Å². The van der Waals surface area contributed by atoms with Crippen LogP contribution in [0.25, 0.3) is 0 Å². The fourth-order valence-corrected chi connectivity index (χ4v) is 1.55. The summed E-state index contributed by atoms with van der Waals surface area (Å²) in [5, 5.41) is 11.3. The number of carbonyl (C=O) groups excluding carboxylic acids is 2. The minimum absolute atomic E-state index is 0.00819. The van der Waals surface area contributed by atoms with Crippen LogP contribution < -0.4 is 5.32 Å². The van der Waals surface area contributed by atoms with E-state index in [9.17, 15) is 14.4 Å². The van der Waals surface area contributed by atoms with E-state index in [2.05, 4.69) is 5.32 Å². The molecule has 0 heterocycles. The van der Waals surface area contributed by atoms with Gasteiger partial charge in [-0.1, -0.05) is 13.3 Å². The smallest absolute Gasteiger partial charge is 0.307 e. The third kappa shape index (κ3) is 12.1. The Balaban J connectivity index is 3.85. The zero-order valence-electron chi connectivity index (χ0n) is 13.6. The molecule has 7 heteroatoms. The molecule has 0 aromatic heterocycles. The fourth-order valence-electron chi connectivity index (χ4n) is 1.55. The summed E-state index contributed by atoms with van der Waals surface area (Å²) in [6, 6.07) is 0. The summed E-state index contributed by atoms with van der Waals surface area (Å²) in [6.45, 7) is 6.02. The second-order valence-electron chi connectivity index (χ2n) is 5.64. The van der Waals surface area contributed by atoms with Gasteiger partial charge in [0, 0.05) is 19.5 Å². The van der Waals surface area contributed by atoms with E-state index >= 15 is 0 Å². The van der Waals surface area contributed by atoms with Crippen LogP contribution in [0.3, 0.4) is 0 Å². The monoisotopic (exact) mass is 317 g/mol. The molecule has 0 amide bonds. The maximum absolute atomic E-state index is 11.7. The van der Waals surface area contributed by atoms with Crippen molar-refractivity contribution >= 4 is 17.9 Å². The summed E-state index contributed by atoms with van der Waals surface area (Å²) in [4.78, 5) is 33.4. The van der Waals surface area contributed by atoms with Crippen LogP contribution in [-0.2, 0) is 23.9 Å². The van der Waals surface area contributed by atoms with Crippen molar-refractivity contribution in [2.24, 2.45) is 0 Å².